The fraction of sp³-hybridized carbons (Fsp3) is 0.207. The zero-order chi connectivity index (χ0) is 27.7. The molecule has 0 unspecified atom stereocenters. The van der Waals surface area contributed by atoms with Crippen LogP contribution in [0.1, 0.15) is 25.5 Å². The summed E-state index contributed by atoms with van der Waals surface area (Å²) in [5, 5.41) is 6.53. The summed E-state index contributed by atoms with van der Waals surface area (Å²) in [4.78, 5) is 42.8. The molecule has 39 heavy (non-hydrogen) atoms. The topological polar surface area (TPSA) is 91.0 Å². The number of ether oxygens (including phenoxy) is 1. The molecule has 10 heteroatoms. The minimum absolute atomic E-state index is 0.121. The number of para-hydroxylation sites is 1. The predicted octanol–water partition coefficient (Wildman–Crippen LogP) is 6.00. The van der Waals surface area contributed by atoms with E-state index in [1.165, 1.54) is 9.80 Å². The third kappa shape index (κ3) is 5.30. The largest absolute Gasteiger partial charge is 0.457 e. The standard InChI is InChI=1S/C29H26Cl2N4O4/c1-3-34-24-16-35(28(37)25(24)26(33-29(34)38)22-14-9-18(30)15-23(22)31)17(2)27(36)32-19-10-12-21(13-11-19)39-20-7-5-4-6-8-20/h4-15,17,26H,3,16H2,1-2H3,(H,32,36)(H,33,38)/t17-,26+/m0/s1. The molecule has 200 valence electrons. The second-order valence-corrected chi connectivity index (χ2v) is 10.0. The van der Waals surface area contributed by atoms with Gasteiger partial charge in [0.25, 0.3) is 5.91 Å². The number of hydrogen-bond acceptors (Lipinski definition) is 4. The highest BCUT2D eigenvalue weighted by Crippen LogP contribution is 2.39. The molecule has 0 bridgehead atoms. The summed E-state index contributed by atoms with van der Waals surface area (Å²) in [6, 6.07) is 19.4. The van der Waals surface area contributed by atoms with E-state index in [-0.39, 0.29) is 24.4 Å². The molecule has 8 nitrogen and oxygen atoms in total. The van der Waals surface area contributed by atoms with E-state index in [1.807, 2.05) is 37.3 Å². The second-order valence-electron chi connectivity index (χ2n) is 9.19. The normalized spacial score (nSPS) is 17.6. The number of nitrogens with zero attached hydrogens (tertiary/aromatic N) is 2. The van der Waals surface area contributed by atoms with Gasteiger partial charge in [0.2, 0.25) is 5.91 Å². The molecule has 0 radical (unpaired) electrons. The fourth-order valence-corrected chi connectivity index (χ4v) is 5.27. The minimum Gasteiger partial charge on any atom is -0.457 e. The Labute approximate surface area is 236 Å². The van der Waals surface area contributed by atoms with Gasteiger partial charge in [-0.2, -0.15) is 0 Å². The number of halogens is 2. The van der Waals surface area contributed by atoms with Gasteiger partial charge in [-0.25, -0.2) is 4.79 Å². The van der Waals surface area contributed by atoms with Crippen LogP contribution in [0.15, 0.2) is 84.1 Å². The quantitative estimate of drug-likeness (QED) is 0.368. The molecule has 0 saturated carbocycles. The Balaban J connectivity index is 1.33. The number of benzene rings is 3. The molecule has 2 N–H and O–H groups in total. The van der Waals surface area contributed by atoms with Crippen molar-refractivity contribution in [3.8, 4) is 11.5 Å². The Hall–Kier alpha value is -4.01. The highest BCUT2D eigenvalue weighted by Gasteiger charge is 2.46. The molecule has 3 aromatic carbocycles. The van der Waals surface area contributed by atoms with E-state index in [2.05, 4.69) is 10.6 Å². The summed E-state index contributed by atoms with van der Waals surface area (Å²) in [7, 11) is 0. The first-order chi connectivity index (χ1) is 18.8. The first-order valence-electron chi connectivity index (χ1n) is 12.5. The van der Waals surface area contributed by atoms with Gasteiger partial charge in [0, 0.05) is 22.3 Å². The summed E-state index contributed by atoms with van der Waals surface area (Å²) in [5.74, 6) is 0.638. The van der Waals surface area contributed by atoms with Gasteiger partial charge in [-0.05, 0) is 67.9 Å². The average molecular weight is 565 g/mol. The monoisotopic (exact) mass is 564 g/mol. The van der Waals surface area contributed by atoms with Gasteiger partial charge in [0.1, 0.15) is 17.5 Å². The van der Waals surface area contributed by atoms with Crippen molar-refractivity contribution in [1.29, 1.82) is 0 Å². The Morgan fingerprint density at radius 3 is 2.41 bits per heavy atom. The molecule has 0 spiro atoms. The van der Waals surface area contributed by atoms with Crippen molar-refractivity contribution in [2.24, 2.45) is 0 Å². The van der Waals surface area contributed by atoms with E-state index in [0.717, 1.165) is 0 Å². The molecule has 3 aromatic rings. The van der Waals surface area contributed by atoms with Crippen molar-refractivity contribution in [1.82, 2.24) is 15.1 Å². The van der Waals surface area contributed by atoms with E-state index in [1.54, 1.807) is 49.4 Å². The Bertz CT molecular complexity index is 1460. The van der Waals surface area contributed by atoms with Gasteiger partial charge in [-0.15, -0.1) is 0 Å². The van der Waals surface area contributed by atoms with E-state index in [0.29, 0.717) is 50.6 Å². The van der Waals surface area contributed by atoms with E-state index in [9.17, 15) is 14.4 Å². The molecule has 5 rings (SSSR count). The number of urea groups is 1. The number of nitrogens with one attached hydrogen (secondary N) is 2. The van der Waals surface area contributed by atoms with Gasteiger partial charge < -0.3 is 20.3 Å². The number of hydrogen-bond donors (Lipinski definition) is 2. The predicted molar refractivity (Wildman–Crippen MR) is 150 cm³/mol. The number of carbonyl (C=O) groups is 3. The maximum Gasteiger partial charge on any atom is 0.322 e. The van der Waals surface area contributed by atoms with Crippen LogP contribution >= 0.6 is 23.2 Å². The number of anilines is 1. The first-order valence-corrected chi connectivity index (χ1v) is 13.2. The Kier molecular flexibility index (Phi) is 7.50. The van der Waals surface area contributed by atoms with Gasteiger partial charge in [-0.3, -0.25) is 14.5 Å². The summed E-state index contributed by atoms with van der Waals surface area (Å²) < 4.78 is 5.80. The molecule has 2 atom stereocenters. The molecule has 0 saturated heterocycles. The van der Waals surface area contributed by atoms with Crippen LogP contribution in [0.2, 0.25) is 10.0 Å². The SMILES string of the molecule is CCN1C(=O)N[C@H](c2ccc(Cl)cc2Cl)C2=C1CN([C@@H](C)C(=O)Nc1ccc(Oc3ccccc3)cc1)C2=O. The molecule has 0 aromatic heterocycles. The van der Waals surface area contributed by atoms with Crippen molar-refractivity contribution in [2.45, 2.75) is 25.9 Å². The van der Waals surface area contributed by atoms with E-state index in [4.69, 9.17) is 27.9 Å². The van der Waals surface area contributed by atoms with Crippen LogP contribution in [0, 0.1) is 0 Å². The van der Waals surface area contributed by atoms with Crippen molar-refractivity contribution < 1.29 is 19.1 Å². The lowest BCUT2D eigenvalue weighted by molar-refractivity contribution is -0.133. The van der Waals surface area contributed by atoms with Crippen LogP contribution < -0.4 is 15.4 Å². The molecular formula is C29H26Cl2N4O4. The van der Waals surface area contributed by atoms with Crippen LogP contribution in [-0.2, 0) is 9.59 Å². The third-order valence-electron chi connectivity index (χ3n) is 6.79. The highest BCUT2D eigenvalue weighted by molar-refractivity contribution is 6.35. The first kappa shape index (κ1) is 26.6. The van der Waals surface area contributed by atoms with Gasteiger partial charge in [0.05, 0.1) is 23.9 Å². The number of likely N-dealkylation sites (N-methyl/N-ethyl adjacent to an activating group) is 1. The molecular weight excluding hydrogens is 539 g/mol. The lowest BCUT2D eigenvalue weighted by Gasteiger charge is -2.33. The molecule has 0 aliphatic carbocycles. The fourth-order valence-electron chi connectivity index (χ4n) is 4.75. The zero-order valence-corrected chi connectivity index (χ0v) is 22.8. The minimum atomic E-state index is -0.807. The summed E-state index contributed by atoms with van der Waals surface area (Å²) in [5.41, 5.74) is 2.07. The van der Waals surface area contributed by atoms with Crippen molar-refractivity contribution in [3.05, 3.63) is 99.7 Å². The summed E-state index contributed by atoms with van der Waals surface area (Å²) in [6.07, 6.45) is 0. The van der Waals surface area contributed by atoms with Crippen LogP contribution in [-0.4, -0.2) is 46.8 Å². The molecule has 2 aliphatic rings. The maximum atomic E-state index is 13.7. The number of rotatable bonds is 7. The Morgan fingerprint density at radius 1 is 1.05 bits per heavy atom. The molecule has 2 aliphatic heterocycles. The van der Waals surface area contributed by atoms with Crippen LogP contribution in [0.4, 0.5) is 10.5 Å². The zero-order valence-electron chi connectivity index (χ0n) is 21.3. The number of carbonyl (C=O) groups excluding carboxylic acids is 3. The molecule has 2 heterocycles. The third-order valence-corrected chi connectivity index (χ3v) is 7.35. The molecule has 0 fully saturated rings. The van der Waals surface area contributed by atoms with E-state index >= 15 is 0 Å². The molecule has 4 amide bonds. The number of amides is 4. The summed E-state index contributed by atoms with van der Waals surface area (Å²) in [6.45, 7) is 3.98. The Morgan fingerprint density at radius 2 is 1.74 bits per heavy atom. The van der Waals surface area contributed by atoms with Gasteiger partial charge in [0.15, 0.2) is 0 Å². The van der Waals surface area contributed by atoms with Crippen molar-refractivity contribution in [3.63, 3.8) is 0 Å². The summed E-state index contributed by atoms with van der Waals surface area (Å²) >= 11 is 12.5. The van der Waals surface area contributed by atoms with Gasteiger partial charge >= 0.3 is 6.03 Å². The van der Waals surface area contributed by atoms with Crippen molar-refractivity contribution >= 4 is 46.7 Å². The second kappa shape index (κ2) is 11.0. The van der Waals surface area contributed by atoms with Crippen LogP contribution in [0.25, 0.3) is 0 Å². The highest BCUT2D eigenvalue weighted by atomic mass is 35.5. The average Bonchev–Trinajstić information content (AvgIpc) is 3.26. The van der Waals surface area contributed by atoms with Crippen molar-refractivity contribution in [2.75, 3.05) is 18.4 Å². The van der Waals surface area contributed by atoms with Gasteiger partial charge in [-0.1, -0.05) is 47.5 Å². The van der Waals surface area contributed by atoms with Crippen LogP contribution in [0.5, 0.6) is 11.5 Å². The van der Waals surface area contributed by atoms with Crippen LogP contribution in [0.3, 0.4) is 0 Å². The lowest BCUT2D eigenvalue weighted by atomic mass is 9.95. The lowest BCUT2D eigenvalue weighted by Crippen LogP contribution is -2.47. The smallest absolute Gasteiger partial charge is 0.322 e. The maximum absolute atomic E-state index is 13.7. The van der Waals surface area contributed by atoms with E-state index < -0.39 is 12.1 Å².